The van der Waals surface area contributed by atoms with E-state index in [9.17, 15) is 19.4 Å². The van der Waals surface area contributed by atoms with Gasteiger partial charge in [0.15, 0.2) is 0 Å². The van der Waals surface area contributed by atoms with Crippen molar-refractivity contribution in [3.63, 3.8) is 0 Å². The van der Waals surface area contributed by atoms with E-state index >= 15 is 0 Å². The lowest BCUT2D eigenvalue weighted by Crippen LogP contribution is -2.45. The lowest BCUT2D eigenvalue weighted by Gasteiger charge is -2.38. The molecule has 2 unspecified atom stereocenters. The highest BCUT2D eigenvalue weighted by Gasteiger charge is 2.24. The minimum atomic E-state index is -0.704. The maximum absolute atomic E-state index is 13.1. The van der Waals surface area contributed by atoms with E-state index in [4.69, 9.17) is 0 Å². The van der Waals surface area contributed by atoms with Crippen molar-refractivity contribution < 1.29 is 14.6 Å². The van der Waals surface area contributed by atoms with Crippen molar-refractivity contribution in [2.45, 2.75) is 38.3 Å². The van der Waals surface area contributed by atoms with Gasteiger partial charge in [0.1, 0.15) is 6.67 Å². The molecule has 4 N–H and O–H groups in total. The molecule has 7 nitrogen and oxygen atoms in total. The predicted molar refractivity (Wildman–Crippen MR) is 146 cm³/mol. The number of aliphatic hydroxyl groups is 1. The van der Waals surface area contributed by atoms with Gasteiger partial charge in [0.25, 0.3) is 5.56 Å². The van der Waals surface area contributed by atoms with Gasteiger partial charge in [0.2, 0.25) is 5.75 Å². The molecule has 0 saturated carbocycles. The summed E-state index contributed by atoms with van der Waals surface area (Å²) in [4.78, 5) is 20.7. The number of rotatable bonds is 11. The summed E-state index contributed by atoms with van der Waals surface area (Å²) in [5.74, 6) is 6.62. The van der Waals surface area contributed by atoms with Crippen LogP contribution in [0.5, 0.6) is 5.75 Å². The Hall–Kier alpha value is -3.51. The molecule has 0 radical (unpaired) electrons. The largest absolute Gasteiger partial charge is 0.502 e. The third-order valence-electron chi connectivity index (χ3n) is 7.11. The molecule has 1 fully saturated rings. The van der Waals surface area contributed by atoms with Gasteiger partial charge >= 0.3 is 0 Å². The smallest absolute Gasteiger partial charge is 0.293 e. The number of benzene rings is 2. The topological polar surface area (TPSA) is 101 Å². The summed E-state index contributed by atoms with van der Waals surface area (Å²) in [5, 5.41) is 22.5. The summed E-state index contributed by atoms with van der Waals surface area (Å²) in [7, 11) is 0. The molecule has 0 aliphatic carbocycles. The van der Waals surface area contributed by atoms with E-state index in [1.807, 2.05) is 24.3 Å². The van der Waals surface area contributed by atoms with Crippen LogP contribution in [0.2, 0.25) is 0 Å². The molecule has 2 atom stereocenters. The molecule has 8 heteroatoms. The first-order valence-corrected chi connectivity index (χ1v) is 13.1. The number of hydrogen-bond acceptors (Lipinski definition) is 6. The number of aromatic hydroxyl groups is 1. The van der Waals surface area contributed by atoms with Gasteiger partial charge < -0.3 is 20.5 Å². The fourth-order valence-electron chi connectivity index (χ4n) is 4.60. The molecule has 3 aromatic rings. The molecule has 1 aliphatic heterocycles. The van der Waals surface area contributed by atoms with Gasteiger partial charge in [-0.25, -0.2) is 9.37 Å². The van der Waals surface area contributed by atoms with E-state index in [0.29, 0.717) is 6.54 Å². The molecule has 0 bridgehead atoms. The Morgan fingerprint density at radius 3 is 2.39 bits per heavy atom. The van der Waals surface area contributed by atoms with Gasteiger partial charge in [0, 0.05) is 49.6 Å². The summed E-state index contributed by atoms with van der Waals surface area (Å²) in [6, 6.07) is 15.4. The Morgan fingerprint density at radius 2 is 1.79 bits per heavy atom. The summed E-state index contributed by atoms with van der Waals surface area (Å²) in [6.07, 6.45) is 2.76. The predicted octanol–water partition coefficient (Wildman–Crippen LogP) is 2.96. The van der Waals surface area contributed by atoms with Gasteiger partial charge in [-0.15, -0.1) is 0 Å². The normalized spacial score (nSPS) is 15.3. The van der Waals surface area contributed by atoms with Gasteiger partial charge in [-0.1, -0.05) is 49.5 Å². The molecular weight excluding hydrogens is 483 g/mol. The van der Waals surface area contributed by atoms with E-state index in [1.165, 1.54) is 31.4 Å². The van der Waals surface area contributed by atoms with Crippen molar-refractivity contribution in [1.29, 1.82) is 0 Å². The van der Waals surface area contributed by atoms with Gasteiger partial charge in [-0.3, -0.25) is 9.69 Å². The molecule has 200 valence electrons. The van der Waals surface area contributed by atoms with Gasteiger partial charge in [-0.05, 0) is 41.3 Å². The van der Waals surface area contributed by atoms with E-state index in [2.05, 4.69) is 63.2 Å². The SMILES string of the molecule is CCC1CN(Cc2ccc(C#Cc3ccc(C(CNC(CO)CF)Cc4nc[nH]c(=O)c4O)cc3)cc2)C1. The first kappa shape index (κ1) is 27.5. The molecule has 38 heavy (non-hydrogen) atoms. The van der Waals surface area contributed by atoms with Crippen LogP contribution in [0.1, 0.15) is 47.2 Å². The zero-order valence-corrected chi connectivity index (χ0v) is 21.7. The maximum atomic E-state index is 13.1. The van der Waals surface area contributed by atoms with Crippen LogP contribution < -0.4 is 10.9 Å². The van der Waals surface area contributed by atoms with Crippen LogP contribution >= 0.6 is 0 Å². The van der Waals surface area contributed by atoms with Crippen molar-refractivity contribution >= 4 is 0 Å². The molecule has 0 amide bonds. The standard InChI is InChI=1S/C30H35FN4O3/c1-2-21-16-35(17-21)18-24-7-5-22(6-8-24)3-4-23-9-11-25(12-10-23)26(15-32-27(14-31)19-36)13-28-29(37)30(38)34-20-33-28/h5-12,20-21,26-27,32,36-37H,2,13-19H2,1H3,(H,33,34,38). The first-order chi connectivity index (χ1) is 18.5. The number of aromatic amines is 1. The second kappa shape index (κ2) is 13.3. The molecule has 2 heterocycles. The Kier molecular flexibility index (Phi) is 9.66. The zero-order chi connectivity index (χ0) is 26.9. The van der Waals surface area contributed by atoms with E-state index < -0.39 is 24.0 Å². The molecule has 4 rings (SSSR count). The number of aromatic nitrogens is 2. The number of aliphatic hydroxyl groups excluding tert-OH is 1. The zero-order valence-electron chi connectivity index (χ0n) is 21.7. The van der Waals surface area contributed by atoms with Crippen LogP contribution in [0.3, 0.4) is 0 Å². The number of hydrogen-bond donors (Lipinski definition) is 4. The van der Waals surface area contributed by atoms with Crippen molar-refractivity contribution in [3.8, 4) is 17.6 Å². The molecule has 1 aliphatic rings. The molecule has 2 aromatic carbocycles. The third kappa shape index (κ3) is 7.29. The summed E-state index contributed by atoms with van der Waals surface area (Å²) in [6.45, 7) is 4.90. The second-order valence-corrected chi connectivity index (χ2v) is 9.91. The minimum Gasteiger partial charge on any atom is -0.502 e. The summed E-state index contributed by atoms with van der Waals surface area (Å²) in [5.41, 5.74) is 3.67. The number of nitrogens with one attached hydrogen (secondary N) is 2. The van der Waals surface area contributed by atoms with Crippen LogP contribution in [0.15, 0.2) is 59.7 Å². The van der Waals surface area contributed by atoms with Crippen molar-refractivity contribution in [2.75, 3.05) is 32.9 Å². The van der Waals surface area contributed by atoms with E-state index in [0.717, 1.165) is 29.2 Å². The summed E-state index contributed by atoms with van der Waals surface area (Å²) < 4.78 is 13.1. The highest BCUT2D eigenvalue weighted by atomic mass is 19.1. The number of alkyl halides is 1. The first-order valence-electron chi connectivity index (χ1n) is 13.1. The quantitative estimate of drug-likeness (QED) is 0.291. The van der Waals surface area contributed by atoms with E-state index in [-0.39, 0.29) is 24.6 Å². The number of nitrogens with zero attached hydrogens (tertiary/aromatic N) is 2. The monoisotopic (exact) mass is 518 g/mol. The highest BCUT2D eigenvalue weighted by molar-refractivity contribution is 5.44. The van der Waals surface area contributed by atoms with Gasteiger partial charge in [-0.2, -0.15) is 0 Å². The molecule has 0 spiro atoms. The van der Waals surface area contributed by atoms with Crippen LogP contribution in [0.4, 0.5) is 4.39 Å². The average molecular weight is 519 g/mol. The third-order valence-corrected chi connectivity index (χ3v) is 7.11. The van der Waals surface area contributed by atoms with Crippen molar-refractivity contribution in [1.82, 2.24) is 20.2 Å². The highest BCUT2D eigenvalue weighted by Crippen LogP contribution is 2.23. The van der Waals surface area contributed by atoms with Crippen LogP contribution in [0.25, 0.3) is 0 Å². The molecule has 1 aromatic heterocycles. The fraction of sp³-hybridized carbons (Fsp3) is 0.400. The second-order valence-electron chi connectivity index (χ2n) is 9.91. The number of H-pyrrole nitrogens is 1. The lowest BCUT2D eigenvalue weighted by atomic mass is 9.92. The Morgan fingerprint density at radius 1 is 1.13 bits per heavy atom. The maximum Gasteiger partial charge on any atom is 0.293 e. The Bertz CT molecular complexity index is 1290. The fourth-order valence-corrected chi connectivity index (χ4v) is 4.60. The summed E-state index contributed by atoms with van der Waals surface area (Å²) >= 11 is 0. The van der Waals surface area contributed by atoms with Crippen LogP contribution in [-0.2, 0) is 13.0 Å². The Labute approximate surface area is 222 Å². The lowest BCUT2D eigenvalue weighted by molar-refractivity contribution is 0.0899. The van der Waals surface area contributed by atoms with Crippen molar-refractivity contribution in [3.05, 3.63) is 93.2 Å². The van der Waals surface area contributed by atoms with Crippen LogP contribution in [0, 0.1) is 17.8 Å². The van der Waals surface area contributed by atoms with Crippen LogP contribution in [-0.4, -0.2) is 64.0 Å². The average Bonchev–Trinajstić information content (AvgIpc) is 2.92. The molecule has 1 saturated heterocycles. The minimum absolute atomic E-state index is 0.218. The van der Waals surface area contributed by atoms with Gasteiger partial charge in [0.05, 0.1) is 24.7 Å². The Balaban J connectivity index is 1.42. The van der Waals surface area contributed by atoms with E-state index in [1.54, 1.807) is 0 Å². The molecular formula is C30H35FN4O3. The number of halogens is 1. The van der Waals surface area contributed by atoms with Crippen molar-refractivity contribution in [2.24, 2.45) is 5.92 Å². The number of likely N-dealkylation sites (tertiary alicyclic amines) is 1.